The number of benzene rings is 2. The van der Waals surface area contributed by atoms with E-state index in [0.29, 0.717) is 18.3 Å². The topological polar surface area (TPSA) is 68.2 Å². The van der Waals surface area contributed by atoms with Gasteiger partial charge in [0.05, 0.1) is 0 Å². The fourth-order valence-corrected chi connectivity index (χ4v) is 2.71. The van der Waals surface area contributed by atoms with Crippen molar-refractivity contribution in [2.24, 2.45) is 5.73 Å². The first-order valence-corrected chi connectivity index (χ1v) is 8.68. The fraction of sp³-hybridized carbons (Fsp3) is 0.300. The molecule has 0 spiro atoms. The second-order valence-corrected chi connectivity index (χ2v) is 5.98. The minimum absolute atomic E-state index is 0. The van der Waals surface area contributed by atoms with E-state index in [9.17, 15) is 0 Å². The van der Waals surface area contributed by atoms with Crippen molar-refractivity contribution in [1.82, 2.24) is 15.0 Å². The number of nitrogens with zero attached hydrogens (tertiary/aromatic N) is 3. The molecular formula is C20H25ClN4O. The predicted molar refractivity (Wildman–Crippen MR) is 107 cm³/mol. The van der Waals surface area contributed by atoms with Crippen molar-refractivity contribution in [3.8, 4) is 22.8 Å². The van der Waals surface area contributed by atoms with Crippen molar-refractivity contribution in [1.29, 1.82) is 0 Å². The predicted octanol–water partition coefficient (Wildman–Crippen LogP) is 4.13. The van der Waals surface area contributed by atoms with Crippen molar-refractivity contribution >= 4 is 12.4 Å². The summed E-state index contributed by atoms with van der Waals surface area (Å²) in [4.78, 5) is 6.89. The van der Waals surface area contributed by atoms with Gasteiger partial charge < -0.3 is 10.3 Å². The first-order valence-electron chi connectivity index (χ1n) is 8.68. The molecule has 0 unspecified atom stereocenters. The van der Waals surface area contributed by atoms with E-state index < -0.39 is 0 Å². The van der Waals surface area contributed by atoms with E-state index in [1.165, 1.54) is 5.56 Å². The van der Waals surface area contributed by atoms with Crippen LogP contribution in [0.25, 0.3) is 22.8 Å². The Morgan fingerprint density at radius 3 is 2.04 bits per heavy atom. The SMILES string of the molecule is CCN(CC)Cc1ccc(-c2nc(-c3ccc(CN)cc3)no2)cc1.Cl. The summed E-state index contributed by atoms with van der Waals surface area (Å²) in [7, 11) is 0. The third kappa shape index (κ3) is 4.69. The van der Waals surface area contributed by atoms with Gasteiger partial charge in [0.2, 0.25) is 5.82 Å². The highest BCUT2D eigenvalue weighted by Crippen LogP contribution is 2.23. The van der Waals surface area contributed by atoms with Crippen molar-refractivity contribution in [3.05, 3.63) is 59.7 Å². The lowest BCUT2D eigenvalue weighted by molar-refractivity contribution is 0.296. The Hall–Kier alpha value is -2.21. The minimum Gasteiger partial charge on any atom is -0.334 e. The first-order chi connectivity index (χ1) is 12.2. The van der Waals surface area contributed by atoms with Crippen LogP contribution in [0.1, 0.15) is 25.0 Å². The molecule has 0 saturated carbocycles. The quantitative estimate of drug-likeness (QED) is 0.675. The van der Waals surface area contributed by atoms with Gasteiger partial charge in [0.25, 0.3) is 5.89 Å². The molecule has 0 fully saturated rings. The highest BCUT2D eigenvalue weighted by Gasteiger charge is 2.11. The smallest absolute Gasteiger partial charge is 0.258 e. The van der Waals surface area contributed by atoms with Crippen molar-refractivity contribution < 1.29 is 4.52 Å². The molecule has 0 amide bonds. The van der Waals surface area contributed by atoms with E-state index in [-0.39, 0.29) is 12.4 Å². The second kappa shape index (κ2) is 9.48. The molecule has 6 heteroatoms. The summed E-state index contributed by atoms with van der Waals surface area (Å²) in [5.41, 5.74) is 9.84. The maximum Gasteiger partial charge on any atom is 0.258 e. The van der Waals surface area contributed by atoms with Crippen LogP contribution in [0.4, 0.5) is 0 Å². The fourth-order valence-electron chi connectivity index (χ4n) is 2.71. The molecule has 2 aromatic carbocycles. The van der Waals surface area contributed by atoms with Crippen molar-refractivity contribution in [2.45, 2.75) is 26.9 Å². The first kappa shape index (κ1) is 20.1. The Morgan fingerprint density at radius 1 is 0.885 bits per heavy atom. The van der Waals surface area contributed by atoms with Crippen molar-refractivity contribution in [2.75, 3.05) is 13.1 Å². The molecule has 0 saturated heterocycles. The molecule has 3 aromatic rings. The van der Waals surface area contributed by atoms with Crippen LogP contribution < -0.4 is 5.73 Å². The summed E-state index contributed by atoms with van der Waals surface area (Å²) < 4.78 is 5.43. The molecule has 138 valence electrons. The molecule has 26 heavy (non-hydrogen) atoms. The van der Waals surface area contributed by atoms with Gasteiger partial charge in [-0.25, -0.2) is 0 Å². The summed E-state index contributed by atoms with van der Waals surface area (Å²) in [5.74, 6) is 1.12. The maximum atomic E-state index is 5.63. The monoisotopic (exact) mass is 372 g/mol. The molecule has 1 heterocycles. The molecule has 0 bridgehead atoms. The van der Waals surface area contributed by atoms with Gasteiger partial charge in [0.15, 0.2) is 0 Å². The Morgan fingerprint density at radius 2 is 1.46 bits per heavy atom. The van der Waals surface area contributed by atoms with Gasteiger partial charge in [-0.15, -0.1) is 12.4 Å². The number of hydrogen-bond acceptors (Lipinski definition) is 5. The molecule has 0 atom stereocenters. The Bertz CT molecular complexity index is 795. The summed E-state index contributed by atoms with van der Waals surface area (Å²) in [6.07, 6.45) is 0. The van der Waals surface area contributed by atoms with E-state index in [0.717, 1.165) is 36.3 Å². The van der Waals surface area contributed by atoms with Crippen LogP contribution >= 0.6 is 12.4 Å². The van der Waals surface area contributed by atoms with Gasteiger partial charge in [0.1, 0.15) is 0 Å². The molecule has 0 aliphatic heterocycles. The molecular weight excluding hydrogens is 348 g/mol. The van der Waals surface area contributed by atoms with E-state index in [1.54, 1.807) is 0 Å². The lowest BCUT2D eigenvalue weighted by Gasteiger charge is -2.17. The van der Waals surface area contributed by atoms with Crippen LogP contribution in [-0.4, -0.2) is 28.1 Å². The van der Waals surface area contributed by atoms with Crippen LogP contribution in [0.15, 0.2) is 53.1 Å². The van der Waals surface area contributed by atoms with E-state index in [4.69, 9.17) is 10.3 Å². The number of rotatable bonds is 7. The Kier molecular flexibility index (Phi) is 7.33. The van der Waals surface area contributed by atoms with E-state index >= 15 is 0 Å². The average Bonchev–Trinajstić information content (AvgIpc) is 3.17. The number of hydrogen-bond donors (Lipinski definition) is 1. The third-order valence-corrected chi connectivity index (χ3v) is 4.38. The number of halogens is 1. The number of aromatic nitrogens is 2. The summed E-state index contributed by atoms with van der Waals surface area (Å²) in [6, 6.07) is 16.2. The minimum atomic E-state index is 0. The second-order valence-electron chi connectivity index (χ2n) is 5.98. The normalized spacial score (nSPS) is 10.8. The Balaban J connectivity index is 0.00000243. The van der Waals surface area contributed by atoms with Gasteiger partial charge in [0, 0.05) is 24.2 Å². The van der Waals surface area contributed by atoms with Gasteiger partial charge in [-0.3, -0.25) is 4.90 Å². The molecule has 0 aliphatic carbocycles. The molecule has 2 N–H and O–H groups in total. The van der Waals surface area contributed by atoms with Crippen LogP contribution in [0.2, 0.25) is 0 Å². The molecule has 1 aromatic heterocycles. The van der Waals surface area contributed by atoms with Crippen LogP contribution in [0, 0.1) is 0 Å². The molecule has 3 rings (SSSR count). The standard InChI is InChI=1S/C20H24N4O.ClH/c1-3-24(4-2)14-16-7-11-18(12-8-16)20-22-19(23-25-20)17-9-5-15(13-21)6-10-17;/h5-12H,3-4,13-14,21H2,1-2H3;1H. The highest BCUT2D eigenvalue weighted by atomic mass is 35.5. The molecule has 5 nitrogen and oxygen atoms in total. The largest absolute Gasteiger partial charge is 0.334 e. The van der Waals surface area contributed by atoms with E-state index in [1.807, 2.05) is 36.4 Å². The van der Waals surface area contributed by atoms with Crippen LogP contribution in [0.5, 0.6) is 0 Å². The average molecular weight is 373 g/mol. The van der Waals surface area contributed by atoms with Crippen molar-refractivity contribution in [3.63, 3.8) is 0 Å². The lowest BCUT2D eigenvalue weighted by atomic mass is 10.1. The third-order valence-electron chi connectivity index (χ3n) is 4.38. The molecule has 0 radical (unpaired) electrons. The lowest BCUT2D eigenvalue weighted by Crippen LogP contribution is -2.21. The number of nitrogens with two attached hydrogens (primary N) is 1. The van der Waals surface area contributed by atoms with Gasteiger partial charge in [-0.1, -0.05) is 55.4 Å². The van der Waals surface area contributed by atoms with Gasteiger partial charge in [-0.05, 0) is 36.3 Å². The molecule has 0 aliphatic rings. The Labute approximate surface area is 160 Å². The maximum absolute atomic E-state index is 5.63. The van der Waals surface area contributed by atoms with Crippen LogP contribution in [-0.2, 0) is 13.1 Å². The summed E-state index contributed by atoms with van der Waals surface area (Å²) >= 11 is 0. The zero-order valence-electron chi connectivity index (χ0n) is 15.2. The van der Waals surface area contributed by atoms with E-state index in [2.05, 4.69) is 41.0 Å². The zero-order valence-corrected chi connectivity index (χ0v) is 16.0. The highest BCUT2D eigenvalue weighted by molar-refractivity contribution is 5.85. The summed E-state index contributed by atoms with van der Waals surface area (Å²) in [5, 5.41) is 4.09. The van der Waals surface area contributed by atoms with Gasteiger partial charge in [-0.2, -0.15) is 4.98 Å². The van der Waals surface area contributed by atoms with Gasteiger partial charge >= 0.3 is 0 Å². The summed E-state index contributed by atoms with van der Waals surface area (Å²) in [6.45, 7) is 7.94. The van der Waals surface area contributed by atoms with Crippen LogP contribution in [0.3, 0.4) is 0 Å². The zero-order chi connectivity index (χ0) is 17.6.